The number of piperidine rings is 1. The van der Waals surface area contributed by atoms with Crippen molar-refractivity contribution in [1.82, 2.24) is 10.2 Å². The highest BCUT2D eigenvalue weighted by Gasteiger charge is 2.31. The van der Waals surface area contributed by atoms with Crippen molar-refractivity contribution in [3.8, 4) is 0 Å². The molecule has 2 aromatic rings. The fraction of sp³-hybridized carbons (Fsp3) is 0.350. The molecule has 0 atom stereocenters. The Kier molecular flexibility index (Phi) is 6.46. The number of nitrogens with one attached hydrogen (secondary N) is 2. The van der Waals surface area contributed by atoms with Crippen molar-refractivity contribution in [2.75, 3.05) is 18.4 Å². The van der Waals surface area contributed by atoms with Gasteiger partial charge in [-0.15, -0.1) is 0 Å². The van der Waals surface area contributed by atoms with Crippen LogP contribution in [0.2, 0.25) is 5.02 Å². The molecule has 1 aliphatic rings. The number of anilines is 1. The lowest BCUT2D eigenvalue weighted by Crippen LogP contribution is -2.45. The number of amides is 2. The maximum absolute atomic E-state index is 12.8. The molecule has 1 heterocycles. The Morgan fingerprint density at radius 1 is 1.11 bits per heavy atom. The highest BCUT2D eigenvalue weighted by molar-refractivity contribution is 6.33. The van der Waals surface area contributed by atoms with E-state index >= 15 is 0 Å². The molecule has 3 rings (SSSR count). The molecule has 0 radical (unpaired) electrons. The number of urea groups is 1. The summed E-state index contributed by atoms with van der Waals surface area (Å²) >= 11 is 5.91. The topological polar surface area (TPSA) is 44.4 Å². The van der Waals surface area contributed by atoms with Gasteiger partial charge in [0.15, 0.2) is 0 Å². The average molecular weight is 412 g/mol. The summed E-state index contributed by atoms with van der Waals surface area (Å²) in [5, 5.41) is 5.30. The molecular formula is C20H21ClF3N3O. The molecule has 8 heteroatoms. The predicted octanol–water partition coefficient (Wildman–Crippen LogP) is 5.14. The zero-order chi connectivity index (χ0) is 20.1. The van der Waals surface area contributed by atoms with Crippen LogP contribution < -0.4 is 10.6 Å². The fourth-order valence-electron chi connectivity index (χ4n) is 3.22. The summed E-state index contributed by atoms with van der Waals surface area (Å²) in [7, 11) is 0. The van der Waals surface area contributed by atoms with Crippen LogP contribution in [0.1, 0.15) is 24.0 Å². The molecule has 4 nitrogen and oxygen atoms in total. The van der Waals surface area contributed by atoms with E-state index in [4.69, 9.17) is 11.6 Å². The van der Waals surface area contributed by atoms with Crippen LogP contribution in [0.4, 0.5) is 23.7 Å². The van der Waals surface area contributed by atoms with Crippen LogP contribution >= 0.6 is 11.6 Å². The van der Waals surface area contributed by atoms with Crippen LogP contribution in [0.3, 0.4) is 0 Å². The quantitative estimate of drug-likeness (QED) is 0.731. The first-order valence-electron chi connectivity index (χ1n) is 9.02. The molecule has 0 aliphatic carbocycles. The Bertz CT molecular complexity index is 806. The molecular weight excluding hydrogens is 391 g/mol. The summed E-state index contributed by atoms with van der Waals surface area (Å²) < 4.78 is 38.5. The molecule has 1 saturated heterocycles. The number of hydrogen-bond donors (Lipinski definition) is 2. The standard InChI is InChI=1S/C20H21ClF3N3O/c21-17-7-6-15(20(22,23)24)12-18(17)26-19(28)25-16-8-10-27(11-9-16)13-14-4-2-1-3-5-14/h1-7,12,16H,8-11,13H2,(H2,25,26,28). The van der Waals surface area contributed by atoms with Gasteiger partial charge in [-0.05, 0) is 36.6 Å². The number of likely N-dealkylation sites (tertiary alicyclic amines) is 1. The van der Waals surface area contributed by atoms with Gasteiger partial charge >= 0.3 is 12.2 Å². The summed E-state index contributed by atoms with van der Waals surface area (Å²) in [5.41, 5.74) is 0.322. The van der Waals surface area contributed by atoms with Gasteiger partial charge in [0.05, 0.1) is 16.3 Å². The van der Waals surface area contributed by atoms with E-state index in [0.29, 0.717) is 0 Å². The van der Waals surface area contributed by atoms with Crippen molar-refractivity contribution in [2.24, 2.45) is 0 Å². The molecule has 28 heavy (non-hydrogen) atoms. The number of hydrogen-bond acceptors (Lipinski definition) is 2. The van der Waals surface area contributed by atoms with Gasteiger partial charge in [0.2, 0.25) is 0 Å². The van der Waals surface area contributed by atoms with Crippen LogP contribution in [0.5, 0.6) is 0 Å². The van der Waals surface area contributed by atoms with Crippen molar-refractivity contribution >= 4 is 23.3 Å². The van der Waals surface area contributed by atoms with E-state index in [1.54, 1.807) is 0 Å². The Labute approximate surface area is 166 Å². The fourth-order valence-corrected chi connectivity index (χ4v) is 3.38. The Morgan fingerprint density at radius 2 is 1.79 bits per heavy atom. The van der Waals surface area contributed by atoms with E-state index in [-0.39, 0.29) is 16.8 Å². The minimum atomic E-state index is -4.50. The number of rotatable bonds is 4. The Balaban J connectivity index is 1.50. The maximum atomic E-state index is 12.8. The maximum Gasteiger partial charge on any atom is 0.416 e. The predicted molar refractivity (Wildman–Crippen MR) is 103 cm³/mol. The van der Waals surface area contributed by atoms with Gasteiger partial charge in [-0.1, -0.05) is 41.9 Å². The van der Waals surface area contributed by atoms with E-state index in [1.807, 2.05) is 18.2 Å². The Morgan fingerprint density at radius 3 is 2.43 bits per heavy atom. The molecule has 1 aliphatic heterocycles. The lowest BCUT2D eigenvalue weighted by Gasteiger charge is -2.32. The van der Waals surface area contributed by atoms with Gasteiger partial charge in [0, 0.05) is 25.7 Å². The van der Waals surface area contributed by atoms with Gasteiger partial charge < -0.3 is 10.6 Å². The Hall–Kier alpha value is -2.25. The van der Waals surface area contributed by atoms with Gasteiger partial charge in [-0.2, -0.15) is 13.2 Å². The lowest BCUT2D eigenvalue weighted by atomic mass is 10.0. The van der Waals surface area contributed by atoms with E-state index in [0.717, 1.165) is 50.7 Å². The number of halogens is 4. The summed E-state index contributed by atoms with van der Waals surface area (Å²) in [5.74, 6) is 0. The number of carbonyl (C=O) groups excluding carboxylic acids is 1. The SMILES string of the molecule is O=C(Nc1cc(C(F)(F)F)ccc1Cl)NC1CCN(Cc2ccccc2)CC1. The van der Waals surface area contributed by atoms with Gasteiger partial charge in [-0.25, -0.2) is 4.79 Å². The first kappa shape index (κ1) is 20.5. The first-order valence-corrected chi connectivity index (χ1v) is 9.39. The van der Waals surface area contributed by atoms with E-state index in [1.165, 1.54) is 5.56 Å². The average Bonchev–Trinajstić information content (AvgIpc) is 2.65. The molecule has 0 saturated carbocycles. The van der Waals surface area contributed by atoms with Crippen LogP contribution in [0.15, 0.2) is 48.5 Å². The minimum Gasteiger partial charge on any atom is -0.335 e. The summed E-state index contributed by atoms with van der Waals surface area (Å²) in [6.45, 7) is 2.54. The normalized spacial score (nSPS) is 16.0. The summed E-state index contributed by atoms with van der Waals surface area (Å²) in [6.07, 6.45) is -2.95. The second-order valence-electron chi connectivity index (χ2n) is 6.83. The van der Waals surface area contributed by atoms with Crippen molar-refractivity contribution in [3.63, 3.8) is 0 Å². The number of alkyl halides is 3. The van der Waals surface area contributed by atoms with Crippen LogP contribution in [-0.2, 0) is 12.7 Å². The molecule has 2 amide bonds. The highest BCUT2D eigenvalue weighted by Crippen LogP contribution is 2.33. The van der Waals surface area contributed by atoms with Crippen LogP contribution in [0.25, 0.3) is 0 Å². The zero-order valence-electron chi connectivity index (χ0n) is 15.1. The van der Waals surface area contributed by atoms with Crippen molar-refractivity contribution in [2.45, 2.75) is 31.6 Å². The van der Waals surface area contributed by atoms with E-state index in [9.17, 15) is 18.0 Å². The molecule has 2 N–H and O–H groups in total. The lowest BCUT2D eigenvalue weighted by molar-refractivity contribution is -0.137. The zero-order valence-corrected chi connectivity index (χ0v) is 15.9. The molecule has 1 fully saturated rings. The third-order valence-corrected chi connectivity index (χ3v) is 5.04. The molecule has 0 bridgehead atoms. The van der Waals surface area contributed by atoms with Gasteiger partial charge in [0.1, 0.15) is 0 Å². The highest BCUT2D eigenvalue weighted by atomic mass is 35.5. The smallest absolute Gasteiger partial charge is 0.335 e. The molecule has 0 aromatic heterocycles. The van der Waals surface area contributed by atoms with Crippen LogP contribution in [0, 0.1) is 0 Å². The largest absolute Gasteiger partial charge is 0.416 e. The number of benzene rings is 2. The monoisotopic (exact) mass is 411 g/mol. The third kappa shape index (κ3) is 5.62. The number of nitrogens with zero attached hydrogens (tertiary/aromatic N) is 1. The van der Waals surface area contributed by atoms with Gasteiger partial charge in [-0.3, -0.25) is 4.90 Å². The van der Waals surface area contributed by atoms with E-state index < -0.39 is 17.8 Å². The summed E-state index contributed by atoms with van der Waals surface area (Å²) in [6, 6.07) is 12.4. The molecule has 2 aromatic carbocycles. The second-order valence-corrected chi connectivity index (χ2v) is 7.23. The molecule has 0 unspecified atom stereocenters. The summed E-state index contributed by atoms with van der Waals surface area (Å²) in [4.78, 5) is 14.5. The van der Waals surface area contributed by atoms with Gasteiger partial charge in [0.25, 0.3) is 0 Å². The minimum absolute atomic E-state index is 0.0309. The van der Waals surface area contributed by atoms with Crippen molar-refractivity contribution < 1.29 is 18.0 Å². The van der Waals surface area contributed by atoms with Crippen LogP contribution in [-0.4, -0.2) is 30.1 Å². The van der Waals surface area contributed by atoms with E-state index in [2.05, 4.69) is 27.7 Å². The second kappa shape index (κ2) is 8.84. The van der Waals surface area contributed by atoms with Crippen molar-refractivity contribution in [3.05, 3.63) is 64.7 Å². The van der Waals surface area contributed by atoms with Crippen molar-refractivity contribution in [1.29, 1.82) is 0 Å². The third-order valence-electron chi connectivity index (χ3n) is 4.71. The number of carbonyl (C=O) groups is 1. The molecule has 150 valence electrons. The molecule has 0 spiro atoms. The first-order chi connectivity index (χ1) is 13.3.